The summed E-state index contributed by atoms with van der Waals surface area (Å²) in [7, 11) is -4.45. The smallest absolute Gasteiger partial charge is 0.207 e. The fourth-order valence-electron chi connectivity index (χ4n) is 1.67. The zero-order valence-electron chi connectivity index (χ0n) is 12.7. The highest BCUT2D eigenvalue weighted by atomic mass is 35.5. The molecule has 0 unspecified atom stereocenters. The highest BCUT2D eigenvalue weighted by molar-refractivity contribution is 7.91. The molecule has 0 saturated carbocycles. The van der Waals surface area contributed by atoms with Crippen LogP contribution in [-0.2, 0) is 26.6 Å². The van der Waals surface area contributed by atoms with Crippen molar-refractivity contribution < 1.29 is 16.8 Å². The van der Waals surface area contributed by atoms with Gasteiger partial charge in [0.15, 0.2) is 0 Å². The lowest BCUT2D eigenvalue weighted by molar-refractivity contribution is 0.523. The van der Waals surface area contributed by atoms with E-state index in [-0.39, 0.29) is 25.7 Å². The first kappa shape index (κ1) is 19.6. The Bertz CT molecular complexity index is 953. The monoisotopic (exact) mass is 428 g/mol. The maximum absolute atomic E-state index is 12.2. The number of sulfonamides is 2. The Kier molecular flexibility index (Phi) is 5.96. The van der Waals surface area contributed by atoms with E-state index < -0.39 is 20.0 Å². The first-order chi connectivity index (χ1) is 11.0. The van der Waals surface area contributed by atoms with Gasteiger partial charge in [-0.25, -0.2) is 25.9 Å². The summed E-state index contributed by atoms with van der Waals surface area (Å²) < 4.78 is 52.2. The van der Waals surface area contributed by atoms with Gasteiger partial charge in [-0.2, -0.15) is 0 Å². The van der Waals surface area contributed by atoms with E-state index in [2.05, 4.69) is 4.72 Å². The molecule has 1 aromatic carbocycles. The van der Waals surface area contributed by atoms with Crippen LogP contribution in [0.15, 0.2) is 39.4 Å². The fraction of sp³-hybridized carbons (Fsp3) is 0.231. The van der Waals surface area contributed by atoms with Crippen molar-refractivity contribution in [3.05, 3.63) is 45.3 Å². The molecule has 0 aliphatic carbocycles. The normalized spacial score (nSPS) is 12.7. The Morgan fingerprint density at radius 3 is 2.29 bits per heavy atom. The predicted octanol–water partition coefficient (Wildman–Crippen LogP) is 2.78. The van der Waals surface area contributed by atoms with Crippen molar-refractivity contribution in [1.29, 1.82) is 0 Å². The summed E-state index contributed by atoms with van der Waals surface area (Å²) in [5.41, 5.74) is 0. The average molecular weight is 429 g/mol. The first-order valence-electron chi connectivity index (χ1n) is 6.50. The lowest BCUT2D eigenvalue weighted by atomic mass is 10.4. The van der Waals surface area contributed by atoms with E-state index in [9.17, 15) is 16.8 Å². The number of halogens is 2. The van der Waals surface area contributed by atoms with Crippen LogP contribution in [0.5, 0.6) is 0 Å². The molecule has 2 aromatic rings. The molecule has 132 valence electrons. The molecule has 0 aliphatic heterocycles. The van der Waals surface area contributed by atoms with Crippen LogP contribution < -0.4 is 4.72 Å². The number of nitrogens with zero attached hydrogens (tertiary/aromatic N) is 1. The highest BCUT2D eigenvalue weighted by Crippen LogP contribution is 2.26. The van der Waals surface area contributed by atoms with E-state index in [0.717, 1.165) is 15.6 Å². The van der Waals surface area contributed by atoms with Gasteiger partial charge in [0.1, 0.15) is 4.21 Å². The van der Waals surface area contributed by atoms with Crippen molar-refractivity contribution in [3.63, 3.8) is 0 Å². The third kappa shape index (κ3) is 4.29. The van der Waals surface area contributed by atoms with Gasteiger partial charge in [0.2, 0.25) is 10.0 Å². The Morgan fingerprint density at radius 2 is 1.71 bits per heavy atom. The Labute approximate surface area is 155 Å². The number of thiophene rings is 1. The number of hydrogen-bond acceptors (Lipinski definition) is 5. The van der Waals surface area contributed by atoms with E-state index in [4.69, 9.17) is 23.2 Å². The minimum atomic E-state index is -3.79. The van der Waals surface area contributed by atoms with Crippen LogP contribution in [0.1, 0.15) is 4.88 Å². The van der Waals surface area contributed by atoms with Gasteiger partial charge in [0.25, 0.3) is 10.0 Å². The molecule has 0 amide bonds. The first-order valence-corrected chi connectivity index (χ1v) is 11.0. The molecule has 0 atom stereocenters. The van der Waals surface area contributed by atoms with E-state index >= 15 is 0 Å². The molecule has 0 bridgehead atoms. The molecular weight excluding hydrogens is 415 g/mol. The molecule has 11 heteroatoms. The van der Waals surface area contributed by atoms with Crippen molar-refractivity contribution in [2.24, 2.45) is 0 Å². The van der Waals surface area contributed by atoms with E-state index in [1.807, 2.05) is 0 Å². The second-order valence-corrected chi connectivity index (χ2v) is 11.0. The molecule has 0 spiro atoms. The van der Waals surface area contributed by atoms with Crippen LogP contribution in [0.2, 0.25) is 10.0 Å². The SMILES string of the molecule is CN(C)S(=O)(=O)c1ccc(CNS(=O)(=O)c2ccc(Cl)c(Cl)c2)s1. The number of nitrogens with one attached hydrogen (secondary N) is 1. The predicted molar refractivity (Wildman–Crippen MR) is 95.7 cm³/mol. The Morgan fingerprint density at radius 1 is 1.04 bits per heavy atom. The van der Waals surface area contributed by atoms with Gasteiger partial charge in [-0.05, 0) is 30.3 Å². The third-order valence-electron chi connectivity index (χ3n) is 3.01. The van der Waals surface area contributed by atoms with Gasteiger partial charge >= 0.3 is 0 Å². The summed E-state index contributed by atoms with van der Waals surface area (Å²) in [6, 6.07) is 7.00. The molecule has 2 rings (SSSR count). The van der Waals surface area contributed by atoms with Crippen molar-refractivity contribution in [2.45, 2.75) is 15.6 Å². The van der Waals surface area contributed by atoms with Gasteiger partial charge in [-0.3, -0.25) is 0 Å². The summed E-state index contributed by atoms with van der Waals surface area (Å²) >= 11 is 12.6. The minimum Gasteiger partial charge on any atom is -0.207 e. The van der Waals surface area contributed by atoms with Crippen molar-refractivity contribution >= 4 is 54.6 Å². The molecule has 0 saturated heterocycles. The van der Waals surface area contributed by atoms with Crippen molar-refractivity contribution in [1.82, 2.24) is 9.03 Å². The molecule has 1 heterocycles. The zero-order valence-corrected chi connectivity index (χ0v) is 16.6. The maximum Gasteiger partial charge on any atom is 0.252 e. The molecule has 24 heavy (non-hydrogen) atoms. The maximum atomic E-state index is 12.2. The second kappa shape index (κ2) is 7.28. The van der Waals surface area contributed by atoms with Gasteiger partial charge in [0, 0.05) is 25.5 Å². The number of benzene rings is 1. The van der Waals surface area contributed by atoms with Crippen LogP contribution in [0.25, 0.3) is 0 Å². The lowest BCUT2D eigenvalue weighted by Crippen LogP contribution is -2.23. The van der Waals surface area contributed by atoms with Crippen LogP contribution in [0, 0.1) is 0 Å². The molecule has 0 aliphatic rings. The topological polar surface area (TPSA) is 83.6 Å². The highest BCUT2D eigenvalue weighted by Gasteiger charge is 2.20. The molecule has 1 N–H and O–H groups in total. The second-order valence-electron chi connectivity index (χ2n) is 4.91. The quantitative estimate of drug-likeness (QED) is 0.766. The summed E-state index contributed by atoms with van der Waals surface area (Å²) in [6.45, 7) is -0.0316. The summed E-state index contributed by atoms with van der Waals surface area (Å²) in [6.07, 6.45) is 0. The number of rotatable bonds is 6. The largest absolute Gasteiger partial charge is 0.252 e. The van der Waals surface area contributed by atoms with Crippen molar-refractivity contribution in [3.8, 4) is 0 Å². The fourth-order valence-corrected chi connectivity index (χ4v) is 5.62. The molecular formula is C13H14Cl2N2O4S3. The van der Waals surface area contributed by atoms with Gasteiger partial charge in [-0.1, -0.05) is 23.2 Å². The molecule has 0 fully saturated rings. The van der Waals surface area contributed by atoms with E-state index in [1.54, 1.807) is 6.07 Å². The summed E-state index contributed by atoms with van der Waals surface area (Å²) in [5, 5.41) is 0.391. The summed E-state index contributed by atoms with van der Waals surface area (Å²) in [4.78, 5) is 0.550. The van der Waals surface area contributed by atoms with Crippen LogP contribution in [0.4, 0.5) is 0 Å². The summed E-state index contributed by atoms with van der Waals surface area (Å²) in [5.74, 6) is 0. The Balaban J connectivity index is 2.16. The van der Waals surface area contributed by atoms with E-state index in [0.29, 0.717) is 4.88 Å². The van der Waals surface area contributed by atoms with Crippen LogP contribution in [0.3, 0.4) is 0 Å². The molecule has 6 nitrogen and oxygen atoms in total. The Hall–Kier alpha value is -0.680. The molecule has 0 radical (unpaired) electrons. The average Bonchev–Trinajstić information content (AvgIpc) is 2.97. The van der Waals surface area contributed by atoms with Gasteiger partial charge in [-0.15, -0.1) is 11.3 Å². The lowest BCUT2D eigenvalue weighted by Gasteiger charge is -2.08. The zero-order chi connectivity index (χ0) is 18.1. The standard InChI is InChI=1S/C13H14Cl2N2O4S3/c1-17(2)24(20,21)13-6-3-9(22-13)8-16-23(18,19)10-4-5-11(14)12(15)7-10/h3-7,16H,8H2,1-2H3. The minimum absolute atomic E-state index is 0.0189. The number of hydrogen-bond donors (Lipinski definition) is 1. The van der Waals surface area contributed by atoms with Crippen LogP contribution >= 0.6 is 34.5 Å². The van der Waals surface area contributed by atoms with Gasteiger partial charge < -0.3 is 0 Å². The van der Waals surface area contributed by atoms with Gasteiger partial charge in [0.05, 0.1) is 14.9 Å². The van der Waals surface area contributed by atoms with Crippen LogP contribution in [-0.4, -0.2) is 35.2 Å². The third-order valence-corrected chi connectivity index (χ3v) is 8.52. The van der Waals surface area contributed by atoms with Crippen molar-refractivity contribution in [2.75, 3.05) is 14.1 Å². The molecule has 1 aromatic heterocycles. The van der Waals surface area contributed by atoms with E-state index in [1.165, 1.54) is 38.4 Å².